The molecule has 0 spiro atoms. The van der Waals surface area contributed by atoms with Gasteiger partial charge in [0.05, 0.1) is 16.2 Å². The summed E-state index contributed by atoms with van der Waals surface area (Å²) >= 11 is 0. The van der Waals surface area contributed by atoms with Crippen LogP contribution in [0.25, 0.3) is 10.8 Å². The summed E-state index contributed by atoms with van der Waals surface area (Å²) < 4.78 is 24.8. The summed E-state index contributed by atoms with van der Waals surface area (Å²) in [7, 11) is -3.42. The van der Waals surface area contributed by atoms with E-state index in [1.165, 1.54) is 0 Å². The van der Waals surface area contributed by atoms with Gasteiger partial charge in [0.2, 0.25) is 0 Å². The molecule has 1 aliphatic rings. The van der Waals surface area contributed by atoms with Crippen LogP contribution in [0.5, 0.6) is 0 Å². The summed E-state index contributed by atoms with van der Waals surface area (Å²) in [5.41, 5.74) is 0.990. The van der Waals surface area contributed by atoms with Crippen molar-refractivity contribution in [1.82, 2.24) is 0 Å². The van der Waals surface area contributed by atoms with Crippen molar-refractivity contribution in [3.8, 4) is 0 Å². The third-order valence-electron chi connectivity index (χ3n) is 3.58. The van der Waals surface area contributed by atoms with E-state index in [0.29, 0.717) is 17.7 Å². The molecular formula is C15H15NO3S. The third-order valence-corrected chi connectivity index (χ3v) is 5.42. The largest absolute Gasteiger partial charge is 0.321 e. The van der Waals surface area contributed by atoms with Crippen molar-refractivity contribution >= 4 is 32.2 Å². The molecule has 5 heteroatoms. The Kier molecular flexibility index (Phi) is 3.01. The number of rotatable bonds is 4. The number of anilines is 1. The number of nitrogens with one attached hydrogen (secondary N) is 1. The van der Waals surface area contributed by atoms with Crippen molar-refractivity contribution in [3.63, 3.8) is 0 Å². The van der Waals surface area contributed by atoms with Gasteiger partial charge < -0.3 is 5.32 Å². The first-order valence-electron chi connectivity index (χ1n) is 6.64. The van der Waals surface area contributed by atoms with E-state index in [9.17, 15) is 13.2 Å². The van der Waals surface area contributed by atoms with Crippen LogP contribution in [0.3, 0.4) is 0 Å². The lowest BCUT2D eigenvalue weighted by Gasteiger charge is -2.08. The van der Waals surface area contributed by atoms with E-state index < -0.39 is 9.84 Å². The van der Waals surface area contributed by atoms with Gasteiger partial charge >= 0.3 is 0 Å². The zero-order valence-corrected chi connectivity index (χ0v) is 12.0. The molecule has 0 fully saturated rings. The summed E-state index contributed by atoms with van der Waals surface area (Å²) in [6.45, 7) is 1.94. The first-order valence-corrected chi connectivity index (χ1v) is 8.29. The normalized spacial score (nSPS) is 13.8. The molecule has 0 saturated carbocycles. The molecule has 1 aliphatic heterocycles. The van der Waals surface area contributed by atoms with Crippen LogP contribution < -0.4 is 5.32 Å². The number of sulfone groups is 1. The second-order valence-corrected chi connectivity index (χ2v) is 7.05. The van der Waals surface area contributed by atoms with Crippen LogP contribution >= 0.6 is 0 Å². The van der Waals surface area contributed by atoms with Crippen LogP contribution in [-0.4, -0.2) is 20.1 Å². The first-order chi connectivity index (χ1) is 9.54. The summed E-state index contributed by atoms with van der Waals surface area (Å²) in [6.07, 6.45) is 1.41. The van der Waals surface area contributed by atoms with E-state index in [1.54, 1.807) is 18.2 Å². The van der Waals surface area contributed by atoms with E-state index in [-0.39, 0.29) is 16.6 Å². The zero-order chi connectivity index (χ0) is 14.3. The first kappa shape index (κ1) is 13.1. The summed E-state index contributed by atoms with van der Waals surface area (Å²) in [5, 5.41) is 4.33. The molecule has 1 amide bonds. The molecule has 3 rings (SSSR count). The Balaban J connectivity index is 2.26. The molecule has 2 aromatic carbocycles. The molecule has 104 valence electrons. The van der Waals surface area contributed by atoms with Gasteiger partial charge in [-0.15, -0.1) is 0 Å². The van der Waals surface area contributed by atoms with Crippen LogP contribution in [0.4, 0.5) is 5.69 Å². The SMILES string of the molecule is CCCCS(=O)(=O)c1ccc2cccc3c2c1C(=O)N3. The number of hydrogen-bond donors (Lipinski definition) is 1. The molecule has 2 aromatic rings. The minimum absolute atomic E-state index is 0.0808. The van der Waals surface area contributed by atoms with Crippen LogP contribution in [-0.2, 0) is 9.84 Å². The van der Waals surface area contributed by atoms with Gasteiger partial charge in [-0.1, -0.05) is 31.5 Å². The maximum atomic E-state index is 12.4. The topological polar surface area (TPSA) is 63.2 Å². The van der Waals surface area contributed by atoms with Crippen molar-refractivity contribution < 1.29 is 13.2 Å². The number of carbonyl (C=O) groups excluding carboxylic acids is 1. The highest BCUT2D eigenvalue weighted by atomic mass is 32.2. The van der Waals surface area contributed by atoms with Gasteiger partial charge in [-0.2, -0.15) is 0 Å². The van der Waals surface area contributed by atoms with Gasteiger partial charge in [0.1, 0.15) is 0 Å². The maximum Gasteiger partial charge on any atom is 0.257 e. The molecule has 4 nitrogen and oxygen atoms in total. The van der Waals surface area contributed by atoms with Gasteiger partial charge in [0.25, 0.3) is 5.91 Å². The fourth-order valence-electron chi connectivity index (χ4n) is 2.58. The van der Waals surface area contributed by atoms with Crippen LogP contribution in [0.1, 0.15) is 30.1 Å². The second kappa shape index (κ2) is 4.59. The van der Waals surface area contributed by atoms with Gasteiger partial charge in [-0.25, -0.2) is 8.42 Å². The van der Waals surface area contributed by atoms with Gasteiger partial charge in [-0.05, 0) is 23.9 Å². The van der Waals surface area contributed by atoms with Crippen LogP contribution in [0.2, 0.25) is 0 Å². The van der Waals surface area contributed by atoms with E-state index >= 15 is 0 Å². The average molecular weight is 289 g/mol. The third kappa shape index (κ3) is 1.89. The Hall–Kier alpha value is -1.88. The van der Waals surface area contributed by atoms with Crippen molar-refractivity contribution in [3.05, 3.63) is 35.9 Å². The average Bonchev–Trinajstić information content (AvgIpc) is 2.76. The zero-order valence-electron chi connectivity index (χ0n) is 11.1. The predicted octanol–water partition coefficient (Wildman–Crippen LogP) is 2.98. The van der Waals surface area contributed by atoms with Gasteiger partial charge in [0, 0.05) is 11.1 Å². The lowest BCUT2D eigenvalue weighted by molar-refractivity contribution is 0.102. The lowest BCUT2D eigenvalue weighted by Crippen LogP contribution is -2.13. The number of carbonyl (C=O) groups is 1. The molecular weight excluding hydrogens is 274 g/mol. The second-order valence-electron chi connectivity index (χ2n) is 4.97. The molecule has 0 aliphatic carbocycles. The quantitative estimate of drug-likeness (QED) is 0.941. The summed E-state index contributed by atoms with van der Waals surface area (Å²) in [6, 6.07) is 8.83. The maximum absolute atomic E-state index is 12.4. The van der Waals surface area contributed by atoms with Crippen LogP contribution in [0.15, 0.2) is 35.2 Å². The van der Waals surface area contributed by atoms with Crippen molar-refractivity contribution in [2.45, 2.75) is 24.7 Å². The Morgan fingerprint density at radius 3 is 2.70 bits per heavy atom. The Morgan fingerprint density at radius 1 is 1.15 bits per heavy atom. The molecule has 1 N–H and O–H groups in total. The standard InChI is InChI=1S/C15H15NO3S/c1-2-3-9-20(18,19)12-8-7-10-5-4-6-11-13(10)14(12)15(17)16-11/h4-8H,2-3,9H2,1H3,(H,16,17). The number of benzene rings is 2. The monoisotopic (exact) mass is 289 g/mol. The predicted molar refractivity (Wildman–Crippen MR) is 78.9 cm³/mol. The highest BCUT2D eigenvalue weighted by molar-refractivity contribution is 7.91. The van der Waals surface area contributed by atoms with E-state index in [2.05, 4.69) is 5.32 Å². The van der Waals surface area contributed by atoms with E-state index in [1.807, 2.05) is 19.1 Å². The Labute approximate surface area is 117 Å². The highest BCUT2D eigenvalue weighted by Crippen LogP contribution is 2.37. The summed E-state index contributed by atoms with van der Waals surface area (Å²) in [5.74, 6) is -0.246. The Morgan fingerprint density at radius 2 is 1.95 bits per heavy atom. The van der Waals surface area contributed by atoms with Crippen molar-refractivity contribution in [1.29, 1.82) is 0 Å². The molecule has 0 unspecified atom stereocenters. The van der Waals surface area contributed by atoms with Gasteiger partial charge in [-0.3, -0.25) is 4.79 Å². The molecule has 1 heterocycles. The molecule has 0 aromatic heterocycles. The number of unbranched alkanes of at least 4 members (excludes halogenated alkanes) is 1. The fourth-order valence-corrected chi connectivity index (χ4v) is 4.25. The smallest absolute Gasteiger partial charge is 0.257 e. The molecule has 0 atom stereocenters. The van der Waals surface area contributed by atoms with E-state index in [0.717, 1.165) is 17.2 Å². The van der Waals surface area contributed by atoms with Crippen LogP contribution in [0, 0.1) is 0 Å². The molecule has 0 radical (unpaired) electrons. The molecule has 0 bridgehead atoms. The van der Waals surface area contributed by atoms with Crippen molar-refractivity contribution in [2.75, 3.05) is 11.1 Å². The highest BCUT2D eigenvalue weighted by Gasteiger charge is 2.29. The number of hydrogen-bond acceptors (Lipinski definition) is 3. The fraction of sp³-hybridized carbons (Fsp3) is 0.267. The lowest BCUT2D eigenvalue weighted by atomic mass is 10.1. The number of amides is 1. The van der Waals surface area contributed by atoms with Gasteiger partial charge in [0.15, 0.2) is 9.84 Å². The van der Waals surface area contributed by atoms with E-state index in [4.69, 9.17) is 0 Å². The van der Waals surface area contributed by atoms with Crippen molar-refractivity contribution in [2.24, 2.45) is 0 Å². The minimum atomic E-state index is -3.42. The molecule has 20 heavy (non-hydrogen) atoms. The minimum Gasteiger partial charge on any atom is -0.321 e. The summed E-state index contributed by atoms with van der Waals surface area (Å²) in [4.78, 5) is 12.3. The Bertz CT molecular complexity index is 809. The molecule has 0 saturated heterocycles.